The van der Waals surface area contributed by atoms with Crippen molar-refractivity contribution in [1.82, 2.24) is 20.3 Å². The molecule has 0 bridgehead atoms. The highest BCUT2D eigenvalue weighted by Gasteiger charge is 2.18. The van der Waals surface area contributed by atoms with Gasteiger partial charge in [-0.25, -0.2) is 4.79 Å². The van der Waals surface area contributed by atoms with Gasteiger partial charge in [0, 0.05) is 37.3 Å². The number of nitrogens with one attached hydrogen (secondary N) is 2. The molecule has 0 spiro atoms. The number of aromatic carboxylic acids is 1. The van der Waals surface area contributed by atoms with Crippen LogP contribution in [0.2, 0.25) is 0 Å². The number of aryl methyl sites for hydroxylation is 1. The van der Waals surface area contributed by atoms with Crippen molar-refractivity contribution < 1.29 is 19.5 Å². The molecule has 154 valence electrons. The standard InChI is InChI=1S/C20H20N6O4/c1-10-6-11(17(27)14(7-10)18-22-20(25-30-18)26(2)3)9-21-12-4-5-15-13(8-12)16(19(28)29)24-23-15/h4-8,21,27H,9H2,1-3H3,(H,23,24)(H,28,29). The first-order valence-electron chi connectivity index (χ1n) is 9.12. The average molecular weight is 408 g/mol. The summed E-state index contributed by atoms with van der Waals surface area (Å²) < 4.78 is 5.29. The number of carboxylic acid groups (broad SMARTS) is 1. The maximum absolute atomic E-state index is 11.3. The van der Waals surface area contributed by atoms with Crippen LogP contribution >= 0.6 is 0 Å². The van der Waals surface area contributed by atoms with E-state index in [0.29, 0.717) is 40.2 Å². The molecule has 0 fully saturated rings. The molecule has 2 aromatic carbocycles. The minimum Gasteiger partial charge on any atom is -0.507 e. The number of nitrogens with zero attached hydrogens (tertiary/aromatic N) is 4. The Balaban J connectivity index is 1.62. The Hall–Kier alpha value is -4.08. The fourth-order valence-corrected chi connectivity index (χ4v) is 3.14. The van der Waals surface area contributed by atoms with Crippen molar-refractivity contribution in [1.29, 1.82) is 0 Å². The van der Waals surface area contributed by atoms with Crippen molar-refractivity contribution in [2.75, 3.05) is 24.3 Å². The van der Waals surface area contributed by atoms with Gasteiger partial charge in [-0.2, -0.15) is 10.1 Å². The molecule has 0 saturated heterocycles. The van der Waals surface area contributed by atoms with Gasteiger partial charge in [-0.15, -0.1) is 0 Å². The smallest absolute Gasteiger partial charge is 0.357 e. The van der Waals surface area contributed by atoms with Gasteiger partial charge in [-0.3, -0.25) is 5.10 Å². The van der Waals surface area contributed by atoms with E-state index in [9.17, 15) is 15.0 Å². The number of carbonyl (C=O) groups is 1. The summed E-state index contributed by atoms with van der Waals surface area (Å²) in [7, 11) is 3.60. The maximum Gasteiger partial charge on any atom is 0.357 e. The summed E-state index contributed by atoms with van der Waals surface area (Å²) in [6, 6.07) is 8.90. The lowest BCUT2D eigenvalue weighted by atomic mass is 10.0. The van der Waals surface area contributed by atoms with E-state index in [2.05, 4.69) is 25.7 Å². The third kappa shape index (κ3) is 3.50. The van der Waals surface area contributed by atoms with Crippen LogP contribution in [0.1, 0.15) is 21.6 Å². The second kappa shape index (κ2) is 7.39. The number of aromatic nitrogens is 4. The summed E-state index contributed by atoms with van der Waals surface area (Å²) in [5.74, 6) is -0.422. The number of aromatic amines is 1. The summed E-state index contributed by atoms with van der Waals surface area (Å²) in [6.07, 6.45) is 0. The van der Waals surface area contributed by atoms with Crippen molar-refractivity contribution in [3.05, 3.63) is 47.2 Å². The molecule has 10 nitrogen and oxygen atoms in total. The first kappa shape index (κ1) is 19.2. The number of fused-ring (bicyclic) bond motifs is 1. The van der Waals surface area contributed by atoms with E-state index in [0.717, 1.165) is 5.56 Å². The highest BCUT2D eigenvalue weighted by atomic mass is 16.5. The maximum atomic E-state index is 11.3. The van der Waals surface area contributed by atoms with E-state index in [4.69, 9.17) is 4.52 Å². The van der Waals surface area contributed by atoms with E-state index in [-0.39, 0.29) is 17.3 Å². The number of hydrogen-bond donors (Lipinski definition) is 4. The fourth-order valence-electron chi connectivity index (χ4n) is 3.14. The normalized spacial score (nSPS) is 11.0. The van der Waals surface area contributed by atoms with Crippen molar-refractivity contribution >= 4 is 28.5 Å². The van der Waals surface area contributed by atoms with Gasteiger partial charge in [0.25, 0.3) is 11.8 Å². The molecule has 4 N–H and O–H groups in total. The molecular formula is C20H20N6O4. The topological polar surface area (TPSA) is 140 Å². The van der Waals surface area contributed by atoms with Gasteiger partial charge in [-0.1, -0.05) is 6.07 Å². The van der Waals surface area contributed by atoms with Gasteiger partial charge in [0.05, 0.1) is 11.1 Å². The fraction of sp³-hybridized carbons (Fsp3) is 0.200. The molecule has 0 amide bonds. The molecule has 0 aliphatic heterocycles. The molecule has 0 aliphatic rings. The average Bonchev–Trinajstić information content (AvgIpc) is 3.35. The van der Waals surface area contributed by atoms with Gasteiger partial charge in [-0.05, 0) is 41.9 Å². The molecule has 0 saturated carbocycles. The van der Waals surface area contributed by atoms with Gasteiger partial charge in [0.2, 0.25) is 0 Å². The molecular weight excluding hydrogens is 388 g/mol. The lowest BCUT2D eigenvalue weighted by molar-refractivity contribution is 0.0692. The Morgan fingerprint density at radius 2 is 2.07 bits per heavy atom. The number of anilines is 2. The molecule has 30 heavy (non-hydrogen) atoms. The van der Waals surface area contributed by atoms with Gasteiger partial charge >= 0.3 is 5.97 Å². The van der Waals surface area contributed by atoms with Crippen LogP contribution in [0.4, 0.5) is 11.6 Å². The minimum atomic E-state index is -1.10. The van der Waals surface area contributed by atoms with E-state index in [1.54, 1.807) is 43.3 Å². The van der Waals surface area contributed by atoms with E-state index >= 15 is 0 Å². The third-order valence-corrected chi connectivity index (χ3v) is 4.63. The molecule has 4 aromatic rings. The Morgan fingerprint density at radius 1 is 1.27 bits per heavy atom. The predicted molar refractivity (Wildman–Crippen MR) is 111 cm³/mol. The summed E-state index contributed by atoms with van der Waals surface area (Å²) in [4.78, 5) is 17.3. The third-order valence-electron chi connectivity index (χ3n) is 4.63. The Bertz CT molecular complexity index is 1240. The number of H-pyrrole nitrogens is 1. The second-order valence-corrected chi connectivity index (χ2v) is 7.11. The van der Waals surface area contributed by atoms with Crippen molar-refractivity contribution in [3.63, 3.8) is 0 Å². The predicted octanol–water partition coefficient (Wildman–Crippen LogP) is 3.00. The summed E-state index contributed by atoms with van der Waals surface area (Å²) in [5, 5.41) is 34.1. The number of rotatable bonds is 6. The van der Waals surface area contributed by atoms with Crippen LogP contribution in [0.3, 0.4) is 0 Å². The number of hydrogen-bond acceptors (Lipinski definition) is 8. The molecule has 2 heterocycles. The number of phenolic OH excluding ortho intramolecular Hbond substituents is 1. The Morgan fingerprint density at radius 3 is 2.77 bits per heavy atom. The van der Waals surface area contributed by atoms with Gasteiger partial charge < -0.3 is 25.0 Å². The van der Waals surface area contributed by atoms with Gasteiger partial charge in [0.1, 0.15) is 5.75 Å². The molecule has 2 aromatic heterocycles. The Kier molecular flexibility index (Phi) is 4.74. The second-order valence-electron chi connectivity index (χ2n) is 7.11. The van der Waals surface area contributed by atoms with Crippen LogP contribution in [0.5, 0.6) is 5.75 Å². The van der Waals surface area contributed by atoms with E-state index in [1.165, 1.54) is 0 Å². The largest absolute Gasteiger partial charge is 0.507 e. The van der Waals surface area contributed by atoms with Crippen LogP contribution in [-0.4, -0.2) is 50.6 Å². The summed E-state index contributed by atoms with van der Waals surface area (Å²) in [6.45, 7) is 2.22. The first-order chi connectivity index (χ1) is 14.3. The van der Waals surface area contributed by atoms with Crippen LogP contribution < -0.4 is 10.2 Å². The van der Waals surface area contributed by atoms with Crippen LogP contribution in [0, 0.1) is 6.92 Å². The lowest BCUT2D eigenvalue weighted by Gasteiger charge is -2.12. The molecule has 10 heteroatoms. The number of phenols is 1. The summed E-state index contributed by atoms with van der Waals surface area (Å²) >= 11 is 0. The number of carboxylic acids is 1. The summed E-state index contributed by atoms with van der Waals surface area (Å²) in [5.41, 5.74) is 3.30. The van der Waals surface area contributed by atoms with Crippen LogP contribution in [-0.2, 0) is 6.54 Å². The zero-order valence-electron chi connectivity index (χ0n) is 16.6. The lowest BCUT2D eigenvalue weighted by Crippen LogP contribution is -2.10. The monoisotopic (exact) mass is 408 g/mol. The van der Waals surface area contributed by atoms with E-state index in [1.807, 2.05) is 13.0 Å². The molecule has 0 radical (unpaired) electrons. The van der Waals surface area contributed by atoms with Crippen LogP contribution in [0.15, 0.2) is 34.9 Å². The number of aromatic hydroxyl groups is 1. The van der Waals surface area contributed by atoms with E-state index < -0.39 is 5.97 Å². The van der Waals surface area contributed by atoms with Crippen LogP contribution in [0.25, 0.3) is 22.4 Å². The molecule has 4 rings (SSSR count). The molecule has 0 unspecified atom stereocenters. The number of benzene rings is 2. The zero-order chi connectivity index (χ0) is 21.4. The molecule has 0 atom stereocenters. The highest BCUT2D eigenvalue weighted by Crippen LogP contribution is 2.34. The SMILES string of the molecule is Cc1cc(CNc2ccc3[nH]nc(C(=O)O)c3c2)c(O)c(-c2nc(N(C)C)no2)c1. The zero-order valence-corrected chi connectivity index (χ0v) is 16.6. The Labute approximate surface area is 171 Å². The quantitative estimate of drug-likeness (QED) is 0.379. The first-order valence-corrected chi connectivity index (χ1v) is 9.12. The van der Waals surface area contributed by atoms with Crippen molar-refractivity contribution in [2.24, 2.45) is 0 Å². The minimum absolute atomic E-state index is 0.0394. The van der Waals surface area contributed by atoms with Crippen molar-refractivity contribution in [3.8, 4) is 17.2 Å². The van der Waals surface area contributed by atoms with Gasteiger partial charge in [0.15, 0.2) is 5.69 Å². The molecule has 0 aliphatic carbocycles. The van der Waals surface area contributed by atoms with Crippen molar-refractivity contribution in [2.45, 2.75) is 13.5 Å². The highest BCUT2D eigenvalue weighted by molar-refractivity contribution is 6.01.